The lowest BCUT2D eigenvalue weighted by Gasteiger charge is -2.33. The Morgan fingerprint density at radius 2 is 1.76 bits per heavy atom. The number of hydrogen-bond donors (Lipinski definition) is 1. The largest absolute Gasteiger partial charge is 0.354 e. The maximum atomic E-state index is 12.8. The zero-order valence-electron chi connectivity index (χ0n) is 18.8. The van der Waals surface area contributed by atoms with Crippen LogP contribution in [-0.2, 0) is 32.6 Å². The van der Waals surface area contributed by atoms with E-state index in [2.05, 4.69) is 16.8 Å². The molecule has 2 aliphatic heterocycles. The van der Waals surface area contributed by atoms with Gasteiger partial charge in [-0.05, 0) is 42.5 Å². The van der Waals surface area contributed by atoms with Gasteiger partial charge in [0.05, 0.1) is 11.4 Å². The Bertz CT molecular complexity index is 1090. The second kappa shape index (κ2) is 10.3. The maximum absolute atomic E-state index is 12.8. The SMILES string of the molecule is Cc1ccc(S(=O)(=O)N2CCN(CC(=O)NCCC(=O)N3CCc4sccc4C3)CC2)cc1. The molecular weight excluding hydrogens is 460 g/mol. The summed E-state index contributed by atoms with van der Waals surface area (Å²) in [5.41, 5.74) is 2.24. The van der Waals surface area contributed by atoms with Gasteiger partial charge in [0.25, 0.3) is 0 Å². The molecule has 0 spiro atoms. The first-order valence-electron chi connectivity index (χ1n) is 11.2. The van der Waals surface area contributed by atoms with Gasteiger partial charge in [-0.1, -0.05) is 17.7 Å². The first-order valence-corrected chi connectivity index (χ1v) is 13.5. The summed E-state index contributed by atoms with van der Waals surface area (Å²) >= 11 is 1.74. The second-order valence-electron chi connectivity index (χ2n) is 8.53. The molecule has 8 nitrogen and oxygen atoms in total. The molecule has 1 N–H and O–H groups in total. The molecule has 4 rings (SSSR count). The predicted molar refractivity (Wildman–Crippen MR) is 127 cm³/mol. The molecule has 0 atom stereocenters. The third kappa shape index (κ3) is 5.81. The van der Waals surface area contributed by atoms with Crippen LogP contribution in [-0.4, -0.2) is 80.2 Å². The van der Waals surface area contributed by atoms with Crippen LogP contribution in [0.2, 0.25) is 0 Å². The van der Waals surface area contributed by atoms with E-state index in [1.165, 1.54) is 14.7 Å². The van der Waals surface area contributed by atoms with Crippen molar-refractivity contribution in [3.63, 3.8) is 0 Å². The Balaban J connectivity index is 1.17. The molecule has 178 valence electrons. The summed E-state index contributed by atoms with van der Waals surface area (Å²) in [6, 6.07) is 8.93. The molecule has 3 heterocycles. The topological polar surface area (TPSA) is 90.0 Å². The average Bonchev–Trinajstić information content (AvgIpc) is 3.27. The standard InChI is InChI=1S/C23H30N4O4S2/c1-18-2-4-20(5-3-18)33(30,31)27-13-11-25(12-14-27)17-22(28)24-9-6-23(29)26-10-7-21-19(16-26)8-15-32-21/h2-5,8,15H,6-7,9-14,16-17H2,1H3,(H,24,28). The highest BCUT2D eigenvalue weighted by Gasteiger charge is 2.29. The molecular formula is C23H30N4O4S2. The Hall–Kier alpha value is -2.27. The van der Waals surface area contributed by atoms with Crippen LogP contribution in [0.1, 0.15) is 22.4 Å². The minimum absolute atomic E-state index is 0.0575. The molecule has 1 aromatic carbocycles. The third-order valence-electron chi connectivity index (χ3n) is 6.18. The number of carbonyl (C=O) groups is 2. The quantitative estimate of drug-likeness (QED) is 0.635. The summed E-state index contributed by atoms with van der Waals surface area (Å²) in [5.74, 6) is -0.0847. The van der Waals surface area contributed by atoms with Crippen molar-refractivity contribution in [3.8, 4) is 0 Å². The van der Waals surface area contributed by atoms with Crippen LogP contribution >= 0.6 is 11.3 Å². The van der Waals surface area contributed by atoms with Crippen molar-refractivity contribution in [2.45, 2.75) is 31.2 Å². The van der Waals surface area contributed by atoms with Gasteiger partial charge in [-0.2, -0.15) is 4.31 Å². The molecule has 1 fully saturated rings. The van der Waals surface area contributed by atoms with Gasteiger partial charge in [0.15, 0.2) is 0 Å². The Morgan fingerprint density at radius 1 is 1.03 bits per heavy atom. The highest BCUT2D eigenvalue weighted by molar-refractivity contribution is 7.89. The van der Waals surface area contributed by atoms with Crippen LogP contribution in [0, 0.1) is 6.92 Å². The summed E-state index contributed by atoms with van der Waals surface area (Å²) in [6.45, 7) is 5.51. The maximum Gasteiger partial charge on any atom is 0.243 e. The van der Waals surface area contributed by atoms with Crippen LogP contribution < -0.4 is 5.32 Å². The van der Waals surface area contributed by atoms with Crippen molar-refractivity contribution >= 4 is 33.2 Å². The van der Waals surface area contributed by atoms with Gasteiger partial charge < -0.3 is 10.2 Å². The van der Waals surface area contributed by atoms with E-state index in [0.29, 0.717) is 44.2 Å². The van der Waals surface area contributed by atoms with Gasteiger partial charge in [0.2, 0.25) is 21.8 Å². The number of benzene rings is 1. The fourth-order valence-electron chi connectivity index (χ4n) is 4.17. The number of fused-ring (bicyclic) bond motifs is 1. The summed E-state index contributed by atoms with van der Waals surface area (Å²) < 4.78 is 27.1. The van der Waals surface area contributed by atoms with Crippen LogP contribution in [0.5, 0.6) is 0 Å². The van der Waals surface area contributed by atoms with E-state index in [1.54, 1.807) is 35.6 Å². The molecule has 1 aromatic heterocycles. The molecule has 0 unspecified atom stereocenters. The molecule has 33 heavy (non-hydrogen) atoms. The molecule has 1 saturated heterocycles. The lowest BCUT2D eigenvalue weighted by atomic mass is 10.1. The zero-order chi connectivity index (χ0) is 23.4. The van der Waals surface area contributed by atoms with Crippen LogP contribution in [0.25, 0.3) is 0 Å². The predicted octanol–water partition coefficient (Wildman–Crippen LogP) is 1.45. The van der Waals surface area contributed by atoms with Crippen LogP contribution in [0.4, 0.5) is 0 Å². The number of amides is 2. The smallest absolute Gasteiger partial charge is 0.243 e. The molecule has 0 radical (unpaired) electrons. The summed E-state index contributed by atoms with van der Waals surface area (Å²) in [6.07, 6.45) is 1.19. The molecule has 0 aliphatic carbocycles. The van der Waals surface area contributed by atoms with Gasteiger partial charge in [-0.3, -0.25) is 14.5 Å². The van der Waals surface area contributed by atoms with E-state index in [1.807, 2.05) is 16.7 Å². The van der Waals surface area contributed by atoms with E-state index < -0.39 is 10.0 Å². The number of carbonyl (C=O) groups excluding carboxylic acids is 2. The Morgan fingerprint density at radius 3 is 2.48 bits per heavy atom. The number of nitrogens with one attached hydrogen (secondary N) is 1. The fourth-order valence-corrected chi connectivity index (χ4v) is 6.49. The van der Waals surface area contributed by atoms with Crippen molar-refractivity contribution in [2.75, 3.05) is 45.8 Å². The van der Waals surface area contributed by atoms with Gasteiger partial charge in [0.1, 0.15) is 0 Å². The molecule has 2 amide bonds. The Kier molecular flexibility index (Phi) is 7.48. The van der Waals surface area contributed by atoms with Crippen LogP contribution in [0.15, 0.2) is 40.6 Å². The van der Waals surface area contributed by atoms with Crippen molar-refractivity contribution in [1.29, 1.82) is 0 Å². The number of aryl methyl sites for hydroxylation is 1. The minimum atomic E-state index is -3.52. The highest BCUT2D eigenvalue weighted by atomic mass is 32.2. The number of nitrogens with zero attached hydrogens (tertiary/aromatic N) is 3. The molecule has 0 saturated carbocycles. The van der Waals surface area contributed by atoms with Gasteiger partial charge in [-0.15, -0.1) is 11.3 Å². The van der Waals surface area contributed by atoms with E-state index in [9.17, 15) is 18.0 Å². The van der Waals surface area contributed by atoms with E-state index in [4.69, 9.17) is 0 Å². The first kappa shape index (κ1) is 23.9. The fraction of sp³-hybridized carbons (Fsp3) is 0.478. The average molecular weight is 491 g/mol. The second-order valence-corrected chi connectivity index (χ2v) is 11.5. The number of piperazine rings is 1. The lowest BCUT2D eigenvalue weighted by Crippen LogP contribution is -2.51. The van der Waals surface area contributed by atoms with Gasteiger partial charge in [0, 0.05) is 57.1 Å². The van der Waals surface area contributed by atoms with E-state index in [-0.39, 0.29) is 24.8 Å². The molecule has 0 bridgehead atoms. The zero-order valence-corrected chi connectivity index (χ0v) is 20.5. The monoisotopic (exact) mass is 490 g/mol. The number of sulfonamides is 1. The Labute approximate surface area is 199 Å². The third-order valence-corrected chi connectivity index (χ3v) is 9.11. The van der Waals surface area contributed by atoms with E-state index >= 15 is 0 Å². The molecule has 2 aromatic rings. The lowest BCUT2D eigenvalue weighted by molar-refractivity contribution is -0.132. The van der Waals surface area contributed by atoms with Crippen molar-refractivity contribution < 1.29 is 18.0 Å². The summed E-state index contributed by atoms with van der Waals surface area (Å²) in [5, 5.41) is 4.89. The summed E-state index contributed by atoms with van der Waals surface area (Å²) in [7, 11) is -3.52. The normalized spacial score (nSPS) is 17.5. The minimum Gasteiger partial charge on any atom is -0.354 e. The van der Waals surface area contributed by atoms with Crippen molar-refractivity contribution in [2.24, 2.45) is 0 Å². The molecule has 2 aliphatic rings. The number of thiophene rings is 1. The van der Waals surface area contributed by atoms with Crippen molar-refractivity contribution in [3.05, 3.63) is 51.7 Å². The highest BCUT2D eigenvalue weighted by Crippen LogP contribution is 2.24. The van der Waals surface area contributed by atoms with Gasteiger partial charge in [-0.25, -0.2) is 8.42 Å². The van der Waals surface area contributed by atoms with Gasteiger partial charge >= 0.3 is 0 Å². The first-order chi connectivity index (χ1) is 15.8. The molecule has 10 heteroatoms. The van der Waals surface area contributed by atoms with E-state index in [0.717, 1.165) is 18.5 Å². The van der Waals surface area contributed by atoms with Crippen molar-refractivity contribution in [1.82, 2.24) is 19.4 Å². The number of hydrogen-bond acceptors (Lipinski definition) is 6. The number of rotatable bonds is 7. The van der Waals surface area contributed by atoms with Crippen LogP contribution in [0.3, 0.4) is 0 Å². The summed E-state index contributed by atoms with van der Waals surface area (Å²) in [4.78, 5) is 30.3.